The van der Waals surface area contributed by atoms with Crippen molar-refractivity contribution in [3.05, 3.63) is 54.5 Å². The van der Waals surface area contributed by atoms with E-state index in [2.05, 4.69) is 15.8 Å². The fourth-order valence-electron chi connectivity index (χ4n) is 3.90. The largest absolute Gasteiger partial charge is 0.361 e. The summed E-state index contributed by atoms with van der Waals surface area (Å²) < 4.78 is 5.24. The van der Waals surface area contributed by atoms with Gasteiger partial charge in [0.15, 0.2) is 0 Å². The van der Waals surface area contributed by atoms with Gasteiger partial charge in [-0.15, -0.1) is 0 Å². The molecule has 2 N–H and O–H groups in total. The van der Waals surface area contributed by atoms with Crippen molar-refractivity contribution in [1.82, 2.24) is 19.2 Å². The van der Waals surface area contributed by atoms with Crippen LogP contribution in [0.15, 0.2) is 53.7 Å². The summed E-state index contributed by atoms with van der Waals surface area (Å²) in [5.74, 6) is 0.230. The highest BCUT2D eigenvalue weighted by Crippen LogP contribution is 2.26. The Balaban J connectivity index is 1.49. The van der Waals surface area contributed by atoms with Crippen molar-refractivity contribution in [2.75, 3.05) is 13.1 Å². The Kier molecular flexibility index (Phi) is 6.75. The highest BCUT2D eigenvalue weighted by molar-refractivity contribution is 7.97. The van der Waals surface area contributed by atoms with Crippen LogP contribution in [0.4, 0.5) is 0 Å². The van der Waals surface area contributed by atoms with Crippen LogP contribution in [0, 0.1) is 11.3 Å². The van der Waals surface area contributed by atoms with Gasteiger partial charge in [-0.05, 0) is 55.1 Å². The minimum Gasteiger partial charge on any atom is -0.361 e. The average Bonchev–Trinajstić information content (AvgIpc) is 3.39. The second kappa shape index (κ2) is 9.86. The van der Waals surface area contributed by atoms with Crippen molar-refractivity contribution in [3.8, 4) is 6.07 Å². The molecular weight excluding hydrogens is 410 g/mol. The maximum absolute atomic E-state index is 13.4. The molecule has 3 aromatic rings. The monoisotopic (exact) mass is 435 g/mol. The number of rotatable bonds is 7. The standard InChI is InChI=1S/C23H25N5O2S/c24-16-17-4-2-12-27(17)15-10-21(23(30)28-13-3-5-18(29)9-14-28)26-31-22-7-1-6-20-19(22)8-11-25-20/h1-2,4,6-8,11-12,21,25-26H,3,5,9-10,13-15H2. The summed E-state index contributed by atoms with van der Waals surface area (Å²) >= 11 is 1.45. The molecule has 1 unspecified atom stereocenters. The van der Waals surface area contributed by atoms with E-state index in [1.165, 1.54) is 11.9 Å². The number of ketones is 1. The number of aryl methyl sites for hydroxylation is 1. The Morgan fingerprint density at radius 2 is 2.13 bits per heavy atom. The van der Waals surface area contributed by atoms with Crippen molar-refractivity contribution in [1.29, 1.82) is 5.26 Å². The van der Waals surface area contributed by atoms with Gasteiger partial charge >= 0.3 is 0 Å². The number of nitrogens with one attached hydrogen (secondary N) is 2. The van der Waals surface area contributed by atoms with Crippen LogP contribution in [0.2, 0.25) is 0 Å². The number of likely N-dealkylation sites (tertiary alicyclic amines) is 1. The zero-order chi connectivity index (χ0) is 21.6. The van der Waals surface area contributed by atoms with Crippen molar-refractivity contribution in [2.45, 2.75) is 43.2 Å². The summed E-state index contributed by atoms with van der Waals surface area (Å²) in [6.07, 6.45) is 5.98. The Morgan fingerprint density at radius 3 is 3.00 bits per heavy atom. The van der Waals surface area contributed by atoms with Gasteiger partial charge in [0.2, 0.25) is 5.91 Å². The maximum atomic E-state index is 13.4. The molecule has 0 spiro atoms. The molecule has 31 heavy (non-hydrogen) atoms. The number of nitrogens with zero attached hydrogens (tertiary/aromatic N) is 3. The number of aromatic amines is 1. The molecule has 2 aromatic heterocycles. The van der Waals surface area contributed by atoms with Crippen molar-refractivity contribution in [3.63, 3.8) is 0 Å². The van der Waals surface area contributed by atoms with E-state index in [4.69, 9.17) is 0 Å². The normalized spacial score (nSPS) is 15.6. The second-order valence-corrected chi connectivity index (χ2v) is 8.55. The molecule has 4 rings (SSSR count). The Bertz CT molecular complexity index is 1110. The van der Waals surface area contributed by atoms with E-state index in [0.29, 0.717) is 51.0 Å². The molecule has 160 valence electrons. The molecule has 8 heteroatoms. The number of hydrogen-bond acceptors (Lipinski definition) is 5. The van der Waals surface area contributed by atoms with Crippen LogP contribution in [0.5, 0.6) is 0 Å². The molecule has 1 aliphatic heterocycles. The summed E-state index contributed by atoms with van der Waals surface area (Å²) in [6, 6.07) is 13.4. The molecule has 0 bridgehead atoms. The zero-order valence-corrected chi connectivity index (χ0v) is 18.0. The predicted molar refractivity (Wildman–Crippen MR) is 120 cm³/mol. The van der Waals surface area contributed by atoms with Crippen molar-refractivity contribution < 1.29 is 9.59 Å². The number of aromatic nitrogens is 2. The van der Waals surface area contributed by atoms with E-state index in [1.807, 2.05) is 47.3 Å². The van der Waals surface area contributed by atoms with Crippen LogP contribution in [-0.4, -0.2) is 45.3 Å². The molecule has 0 aliphatic carbocycles. The van der Waals surface area contributed by atoms with Crippen LogP contribution >= 0.6 is 11.9 Å². The van der Waals surface area contributed by atoms with Crippen molar-refractivity contribution >= 4 is 34.5 Å². The van der Waals surface area contributed by atoms with E-state index in [-0.39, 0.29) is 11.7 Å². The number of carbonyl (C=O) groups excluding carboxylic acids is 2. The number of nitriles is 1. The highest BCUT2D eigenvalue weighted by Gasteiger charge is 2.26. The first-order valence-electron chi connectivity index (χ1n) is 10.5. The molecule has 7 nitrogen and oxygen atoms in total. The third-order valence-electron chi connectivity index (χ3n) is 5.62. The lowest BCUT2D eigenvalue weighted by Crippen LogP contribution is -2.45. The highest BCUT2D eigenvalue weighted by atomic mass is 32.2. The minimum atomic E-state index is -0.429. The minimum absolute atomic E-state index is 0.00843. The van der Waals surface area contributed by atoms with E-state index in [1.54, 1.807) is 11.0 Å². The van der Waals surface area contributed by atoms with E-state index in [0.717, 1.165) is 15.8 Å². The molecule has 0 radical (unpaired) electrons. The molecule has 3 heterocycles. The molecular formula is C23H25N5O2S. The SMILES string of the molecule is N#Cc1cccn1CCC(NSc1cccc2[nH]ccc12)C(=O)N1CCCC(=O)CC1. The number of fused-ring (bicyclic) bond motifs is 1. The number of benzene rings is 1. The van der Waals surface area contributed by atoms with Crippen LogP contribution in [0.25, 0.3) is 10.9 Å². The zero-order valence-electron chi connectivity index (χ0n) is 17.2. The third-order valence-corrected chi connectivity index (χ3v) is 6.60. The first-order valence-corrected chi connectivity index (χ1v) is 11.3. The van der Waals surface area contributed by atoms with Gasteiger partial charge in [-0.1, -0.05) is 6.07 Å². The quantitative estimate of drug-likeness (QED) is 0.554. The fraction of sp³-hybridized carbons (Fsp3) is 0.348. The molecule has 1 fully saturated rings. The summed E-state index contributed by atoms with van der Waals surface area (Å²) in [5, 5.41) is 10.4. The van der Waals surface area contributed by atoms with Gasteiger partial charge in [0.1, 0.15) is 17.5 Å². The Labute approximate surface area is 185 Å². The summed E-state index contributed by atoms with van der Waals surface area (Å²) in [4.78, 5) is 31.2. The second-order valence-electron chi connectivity index (χ2n) is 7.67. The van der Waals surface area contributed by atoms with Crippen LogP contribution in [-0.2, 0) is 16.1 Å². The van der Waals surface area contributed by atoms with E-state index < -0.39 is 6.04 Å². The Hall–Kier alpha value is -3.02. The summed E-state index contributed by atoms with van der Waals surface area (Å²) in [5.41, 5.74) is 1.63. The van der Waals surface area contributed by atoms with Gasteiger partial charge in [0, 0.05) is 60.7 Å². The molecule has 0 saturated carbocycles. The number of carbonyl (C=O) groups is 2. The summed E-state index contributed by atoms with van der Waals surface area (Å²) in [6.45, 7) is 1.63. The smallest absolute Gasteiger partial charge is 0.240 e. The number of Topliss-reactive ketones (excluding diaryl/α,β-unsaturated/α-hetero) is 1. The lowest BCUT2D eigenvalue weighted by Gasteiger charge is -2.26. The van der Waals surface area contributed by atoms with Crippen molar-refractivity contribution in [2.24, 2.45) is 0 Å². The van der Waals surface area contributed by atoms with Gasteiger partial charge < -0.3 is 14.5 Å². The molecule has 1 atom stereocenters. The Morgan fingerprint density at radius 1 is 1.23 bits per heavy atom. The first-order chi connectivity index (χ1) is 15.2. The van der Waals surface area contributed by atoms with Gasteiger partial charge in [0.25, 0.3) is 0 Å². The lowest BCUT2D eigenvalue weighted by molar-refractivity contribution is -0.133. The van der Waals surface area contributed by atoms with Gasteiger partial charge in [0.05, 0.1) is 6.04 Å². The maximum Gasteiger partial charge on any atom is 0.240 e. The fourth-order valence-corrected chi connectivity index (χ4v) is 4.82. The van der Waals surface area contributed by atoms with E-state index in [9.17, 15) is 14.9 Å². The third kappa shape index (κ3) is 5.01. The topological polar surface area (TPSA) is 93.9 Å². The lowest BCUT2D eigenvalue weighted by atomic mass is 10.2. The number of hydrogen-bond donors (Lipinski definition) is 2. The van der Waals surface area contributed by atoms with Gasteiger partial charge in [-0.25, -0.2) is 4.72 Å². The number of H-pyrrole nitrogens is 1. The van der Waals surface area contributed by atoms with E-state index >= 15 is 0 Å². The van der Waals surface area contributed by atoms with Gasteiger partial charge in [-0.3, -0.25) is 9.59 Å². The van der Waals surface area contributed by atoms with Crippen LogP contribution in [0.3, 0.4) is 0 Å². The van der Waals surface area contributed by atoms with Crippen LogP contribution in [0.1, 0.15) is 31.4 Å². The molecule has 1 saturated heterocycles. The first kappa shape index (κ1) is 21.2. The molecule has 1 aromatic carbocycles. The molecule has 1 aliphatic rings. The number of amides is 1. The summed E-state index contributed by atoms with van der Waals surface area (Å²) in [7, 11) is 0. The molecule has 1 amide bonds. The van der Waals surface area contributed by atoms with Gasteiger partial charge in [-0.2, -0.15) is 5.26 Å². The average molecular weight is 436 g/mol. The predicted octanol–water partition coefficient (Wildman–Crippen LogP) is 3.48. The van der Waals surface area contributed by atoms with Crippen LogP contribution < -0.4 is 4.72 Å².